The summed E-state index contributed by atoms with van der Waals surface area (Å²) in [4.78, 5) is 37.2. The minimum absolute atomic E-state index is 0.0753. The molecule has 106 valence electrons. The third kappa shape index (κ3) is 3.97. The van der Waals surface area contributed by atoms with Crippen LogP contribution in [0.1, 0.15) is 13.8 Å². The molecular weight excluding hydrogens is 252 g/mol. The molecule has 1 rings (SSSR count). The first kappa shape index (κ1) is 15.0. The largest absolute Gasteiger partial charge is 0.445 e. The molecule has 1 aliphatic heterocycles. The molecule has 0 saturated carbocycles. The summed E-state index contributed by atoms with van der Waals surface area (Å²) < 4.78 is 10.1. The number of carbonyl (C=O) groups excluding carboxylic acids is 3. The van der Waals surface area contributed by atoms with Gasteiger partial charge < -0.3 is 19.3 Å². The van der Waals surface area contributed by atoms with E-state index in [1.807, 2.05) is 0 Å². The highest BCUT2D eigenvalue weighted by Crippen LogP contribution is 2.26. The van der Waals surface area contributed by atoms with Crippen LogP contribution in [0.2, 0.25) is 0 Å². The summed E-state index contributed by atoms with van der Waals surface area (Å²) in [6.45, 7) is 3.05. The summed E-state index contributed by atoms with van der Waals surface area (Å²) in [6.07, 6.45) is 1.03. The molecule has 0 atom stereocenters. The molecule has 2 amide bonds. The summed E-state index contributed by atoms with van der Waals surface area (Å²) in [6, 6.07) is 0. The number of likely N-dealkylation sites (N-methyl/N-ethyl adjacent to an activating group) is 2. The number of hydrogen-bond donors (Lipinski definition) is 0. The molecule has 7 heteroatoms. The van der Waals surface area contributed by atoms with Gasteiger partial charge in [0.1, 0.15) is 0 Å². The third-order valence-electron chi connectivity index (χ3n) is 2.40. The molecule has 1 heterocycles. The Balaban J connectivity index is 2.69. The second kappa shape index (κ2) is 5.29. The van der Waals surface area contributed by atoms with E-state index < -0.39 is 17.7 Å². The number of ether oxygens (including phenoxy) is 2. The Morgan fingerprint density at radius 3 is 2.21 bits per heavy atom. The molecule has 1 aliphatic rings. The highest BCUT2D eigenvalue weighted by molar-refractivity contribution is 5.99. The number of cyclic esters (lactones) is 1. The van der Waals surface area contributed by atoms with Gasteiger partial charge in [0.15, 0.2) is 0 Å². The molecule has 0 radical (unpaired) electrons. The van der Waals surface area contributed by atoms with Gasteiger partial charge in [0.05, 0.1) is 12.6 Å². The van der Waals surface area contributed by atoms with Crippen LogP contribution >= 0.6 is 0 Å². The predicted octanol–water partition coefficient (Wildman–Crippen LogP) is -0.274. The fourth-order valence-electron chi connectivity index (χ4n) is 1.33. The van der Waals surface area contributed by atoms with Crippen LogP contribution in [0.5, 0.6) is 0 Å². The van der Waals surface area contributed by atoms with Crippen LogP contribution in [0.25, 0.3) is 0 Å². The van der Waals surface area contributed by atoms with Gasteiger partial charge in [0.2, 0.25) is 17.5 Å². The molecule has 0 aliphatic carbocycles. The molecule has 0 aromatic heterocycles. The second-order valence-electron chi connectivity index (χ2n) is 4.88. The second-order valence-corrected chi connectivity index (χ2v) is 4.88. The van der Waals surface area contributed by atoms with Gasteiger partial charge in [-0.25, -0.2) is 4.79 Å². The van der Waals surface area contributed by atoms with E-state index in [-0.39, 0.29) is 18.2 Å². The van der Waals surface area contributed by atoms with Crippen molar-refractivity contribution in [3.63, 3.8) is 0 Å². The monoisotopic (exact) mass is 270 g/mol. The Hall–Kier alpha value is -2.05. The number of amides is 2. The summed E-state index contributed by atoms with van der Waals surface area (Å²) in [5.41, 5.74) is 0. The van der Waals surface area contributed by atoms with Crippen LogP contribution in [-0.4, -0.2) is 61.1 Å². The number of esters is 1. The van der Waals surface area contributed by atoms with Crippen molar-refractivity contribution in [3.8, 4) is 0 Å². The van der Waals surface area contributed by atoms with Gasteiger partial charge in [-0.3, -0.25) is 9.59 Å². The lowest BCUT2D eigenvalue weighted by atomic mass is 10.4. The van der Waals surface area contributed by atoms with Crippen molar-refractivity contribution in [2.75, 3.05) is 27.7 Å². The third-order valence-corrected chi connectivity index (χ3v) is 2.40. The topological polar surface area (TPSA) is 76.2 Å². The normalized spacial score (nSPS) is 18.8. The molecule has 1 fully saturated rings. The standard InChI is InChI=1S/C12H18N2O5/c1-12(2)18-8(11(17)19-12)6-9(15)14(5)7-10(16)13(3)4/h6H,7H2,1-5H3/b8-6-. The van der Waals surface area contributed by atoms with Crippen LogP contribution in [-0.2, 0) is 23.9 Å². The highest BCUT2D eigenvalue weighted by Gasteiger charge is 2.38. The molecule has 1 saturated heterocycles. The van der Waals surface area contributed by atoms with Gasteiger partial charge in [-0.05, 0) is 0 Å². The number of nitrogens with zero attached hydrogens (tertiary/aromatic N) is 2. The van der Waals surface area contributed by atoms with Crippen molar-refractivity contribution >= 4 is 17.8 Å². The molecule has 0 aromatic carbocycles. The molecule has 0 unspecified atom stereocenters. The molecule has 0 spiro atoms. The van der Waals surface area contributed by atoms with Gasteiger partial charge in [0.25, 0.3) is 5.91 Å². The first-order chi connectivity index (χ1) is 8.62. The maximum absolute atomic E-state index is 11.8. The molecule has 7 nitrogen and oxygen atoms in total. The summed E-state index contributed by atoms with van der Waals surface area (Å²) >= 11 is 0. The lowest BCUT2D eigenvalue weighted by molar-refractivity contribution is -0.159. The maximum atomic E-state index is 11.8. The van der Waals surface area contributed by atoms with Crippen LogP contribution in [0.4, 0.5) is 0 Å². The van der Waals surface area contributed by atoms with E-state index >= 15 is 0 Å². The first-order valence-electron chi connectivity index (χ1n) is 5.71. The van der Waals surface area contributed by atoms with Crippen molar-refractivity contribution in [2.24, 2.45) is 0 Å². The molecule has 19 heavy (non-hydrogen) atoms. The van der Waals surface area contributed by atoms with Gasteiger partial charge in [-0.2, -0.15) is 0 Å². The summed E-state index contributed by atoms with van der Waals surface area (Å²) in [5.74, 6) is -2.63. The Morgan fingerprint density at radius 2 is 1.79 bits per heavy atom. The predicted molar refractivity (Wildman–Crippen MR) is 65.7 cm³/mol. The smallest absolute Gasteiger partial charge is 0.377 e. The molecule has 0 bridgehead atoms. The van der Waals surface area contributed by atoms with Crippen LogP contribution in [0.15, 0.2) is 11.8 Å². The zero-order chi connectivity index (χ0) is 14.8. The van der Waals surface area contributed by atoms with Crippen molar-refractivity contribution in [2.45, 2.75) is 19.6 Å². The number of hydrogen-bond acceptors (Lipinski definition) is 5. The lowest BCUT2D eigenvalue weighted by Crippen LogP contribution is -2.37. The average Bonchev–Trinajstić information content (AvgIpc) is 2.51. The van der Waals surface area contributed by atoms with Crippen molar-refractivity contribution in [1.82, 2.24) is 9.80 Å². The van der Waals surface area contributed by atoms with E-state index in [4.69, 9.17) is 9.47 Å². The number of carbonyl (C=O) groups is 3. The highest BCUT2D eigenvalue weighted by atomic mass is 16.8. The van der Waals surface area contributed by atoms with E-state index in [0.29, 0.717) is 0 Å². The van der Waals surface area contributed by atoms with Crippen LogP contribution in [0, 0.1) is 0 Å². The van der Waals surface area contributed by atoms with Gasteiger partial charge >= 0.3 is 5.97 Å². The molecular formula is C12H18N2O5. The van der Waals surface area contributed by atoms with Gasteiger partial charge in [-0.15, -0.1) is 0 Å². The van der Waals surface area contributed by atoms with Crippen LogP contribution < -0.4 is 0 Å². The average molecular weight is 270 g/mol. The van der Waals surface area contributed by atoms with E-state index in [2.05, 4.69) is 0 Å². The van der Waals surface area contributed by atoms with Gasteiger partial charge in [0, 0.05) is 35.0 Å². The Labute approximate surface area is 111 Å². The quantitative estimate of drug-likeness (QED) is 0.521. The molecule has 0 N–H and O–H groups in total. The van der Waals surface area contributed by atoms with E-state index in [0.717, 1.165) is 6.08 Å². The van der Waals surface area contributed by atoms with Crippen molar-refractivity contribution < 1.29 is 23.9 Å². The van der Waals surface area contributed by atoms with Crippen LogP contribution in [0.3, 0.4) is 0 Å². The SMILES string of the molecule is CN(C)C(=O)CN(C)C(=O)/C=C1\OC(C)(C)OC1=O. The summed E-state index contributed by atoms with van der Waals surface area (Å²) in [7, 11) is 4.66. The Morgan fingerprint density at radius 1 is 1.21 bits per heavy atom. The fraction of sp³-hybridized carbons (Fsp3) is 0.583. The van der Waals surface area contributed by atoms with Crippen molar-refractivity contribution in [3.05, 3.63) is 11.8 Å². The zero-order valence-corrected chi connectivity index (χ0v) is 11.7. The Bertz CT molecular complexity index is 439. The minimum Gasteiger partial charge on any atom is -0.445 e. The fourth-order valence-corrected chi connectivity index (χ4v) is 1.33. The summed E-state index contributed by atoms with van der Waals surface area (Å²) in [5, 5.41) is 0. The first-order valence-corrected chi connectivity index (χ1v) is 5.71. The van der Waals surface area contributed by atoms with Crippen molar-refractivity contribution in [1.29, 1.82) is 0 Å². The minimum atomic E-state index is -1.07. The molecule has 0 aromatic rings. The van der Waals surface area contributed by atoms with E-state index in [1.54, 1.807) is 27.9 Å². The van der Waals surface area contributed by atoms with E-state index in [1.165, 1.54) is 16.8 Å². The Kier molecular flexibility index (Phi) is 4.18. The lowest BCUT2D eigenvalue weighted by Gasteiger charge is -2.18. The zero-order valence-electron chi connectivity index (χ0n) is 11.7. The van der Waals surface area contributed by atoms with E-state index in [9.17, 15) is 14.4 Å². The number of rotatable bonds is 3. The van der Waals surface area contributed by atoms with Gasteiger partial charge in [-0.1, -0.05) is 0 Å². The maximum Gasteiger partial charge on any atom is 0.377 e.